The number of nitrogens with one attached hydrogen (secondary N) is 2. The van der Waals surface area contributed by atoms with Crippen molar-refractivity contribution in [2.45, 2.75) is 87.6 Å². The van der Waals surface area contributed by atoms with Crippen LogP contribution in [0.25, 0.3) is 0 Å². The highest BCUT2D eigenvalue weighted by atomic mass is 32.2. The van der Waals surface area contributed by atoms with Crippen molar-refractivity contribution in [3.05, 3.63) is 34.4 Å². The van der Waals surface area contributed by atoms with E-state index in [0.717, 1.165) is 31.7 Å². The third-order valence-electron chi connectivity index (χ3n) is 8.51. The fourth-order valence-electron chi connectivity index (χ4n) is 6.57. The fourth-order valence-corrected chi connectivity index (χ4v) is 8.17. The number of hydrogen-bond donors (Lipinski definition) is 3. The summed E-state index contributed by atoms with van der Waals surface area (Å²) in [5, 5.41) is 14.5. The summed E-state index contributed by atoms with van der Waals surface area (Å²) in [6.45, 7) is 1.98. The zero-order chi connectivity index (χ0) is 25.4. The number of nitro groups is 1. The second-order valence-corrected chi connectivity index (χ2v) is 12.2. The van der Waals surface area contributed by atoms with Gasteiger partial charge in [-0.2, -0.15) is 4.72 Å². The summed E-state index contributed by atoms with van der Waals surface area (Å²) in [6.07, 6.45) is 6.61. The fraction of sp³-hybridized carbons (Fsp3) is 0.667. The van der Waals surface area contributed by atoms with Gasteiger partial charge in [0.05, 0.1) is 4.92 Å². The summed E-state index contributed by atoms with van der Waals surface area (Å²) in [4.78, 5) is 36.1. The highest BCUT2D eigenvalue weighted by molar-refractivity contribution is 7.89. The Kier molecular flexibility index (Phi) is 6.93. The van der Waals surface area contributed by atoms with Gasteiger partial charge in [-0.25, -0.2) is 8.42 Å². The Morgan fingerprint density at radius 1 is 1.17 bits per heavy atom. The Labute approximate surface area is 205 Å². The first kappa shape index (κ1) is 25.6. The molecule has 2 bridgehead atoms. The molecule has 1 aromatic carbocycles. The largest absolute Gasteiger partial charge is 0.369 e. The van der Waals surface area contributed by atoms with Gasteiger partial charge in [0.1, 0.15) is 5.54 Å². The number of amides is 2. The van der Waals surface area contributed by atoms with Gasteiger partial charge < -0.3 is 11.1 Å². The molecule has 4 unspecified atom stereocenters. The third-order valence-corrected chi connectivity index (χ3v) is 10.1. The Bertz CT molecular complexity index is 1120. The van der Waals surface area contributed by atoms with Crippen LogP contribution in [-0.4, -0.2) is 36.7 Å². The summed E-state index contributed by atoms with van der Waals surface area (Å²) < 4.78 is 29.0. The quantitative estimate of drug-likeness (QED) is 0.363. The lowest BCUT2D eigenvalue weighted by atomic mass is 9.58. The van der Waals surface area contributed by atoms with E-state index in [1.807, 2.05) is 6.92 Å². The standard InChI is InChI=1S/C24H34N4O6S/c1-2-23(21(25)29)14-16-9-10-18(17(13-16)15-23)26-22(30)24(11-5-6-12-24)27-35(33,34)20-8-4-3-7-19(20)28(31)32/h3-4,7-8,16-18,27H,2,5-6,9-15H2,1H3,(H2,25,29)(H,26,30). The molecule has 0 aliphatic heterocycles. The normalized spacial score (nSPS) is 29.9. The minimum Gasteiger partial charge on any atom is -0.369 e. The second kappa shape index (κ2) is 9.50. The number of benzene rings is 1. The lowest BCUT2D eigenvalue weighted by molar-refractivity contribution is -0.387. The van der Waals surface area contributed by atoms with Crippen molar-refractivity contribution in [1.82, 2.24) is 10.0 Å². The van der Waals surface area contributed by atoms with E-state index < -0.39 is 42.4 Å². The van der Waals surface area contributed by atoms with Gasteiger partial charge in [0.25, 0.3) is 5.69 Å². The van der Waals surface area contributed by atoms with Crippen molar-refractivity contribution in [3.63, 3.8) is 0 Å². The Hall–Kier alpha value is -2.53. The molecule has 0 spiro atoms. The molecule has 3 aliphatic rings. The minimum atomic E-state index is -4.33. The second-order valence-electron chi connectivity index (χ2n) is 10.5. The molecule has 3 aliphatic carbocycles. The van der Waals surface area contributed by atoms with E-state index in [-0.39, 0.29) is 17.9 Å². The summed E-state index contributed by atoms with van der Waals surface area (Å²) in [7, 11) is -4.33. The summed E-state index contributed by atoms with van der Waals surface area (Å²) in [5.74, 6) is -0.186. The lowest BCUT2D eigenvalue weighted by Crippen LogP contribution is -2.61. The number of nitrogens with two attached hydrogens (primary N) is 1. The average Bonchev–Trinajstić information content (AvgIpc) is 3.29. The van der Waals surface area contributed by atoms with Crippen LogP contribution in [0.5, 0.6) is 0 Å². The summed E-state index contributed by atoms with van der Waals surface area (Å²) >= 11 is 0. The number of para-hydroxylation sites is 1. The van der Waals surface area contributed by atoms with E-state index in [1.54, 1.807) is 0 Å². The molecule has 192 valence electrons. The van der Waals surface area contributed by atoms with Crippen LogP contribution in [0.15, 0.2) is 29.2 Å². The number of carbonyl (C=O) groups is 2. The van der Waals surface area contributed by atoms with Gasteiger partial charge in [-0.05, 0) is 69.3 Å². The molecule has 3 saturated carbocycles. The molecule has 2 amide bonds. The van der Waals surface area contributed by atoms with Crippen LogP contribution < -0.4 is 15.8 Å². The van der Waals surface area contributed by atoms with Gasteiger partial charge in [0.2, 0.25) is 21.8 Å². The average molecular weight is 507 g/mol. The van der Waals surface area contributed by atoms with E-state index >= 15 is 0 Å². The molecule has 0 aromatic heterocycles. The number of nitro benzene ring substituents is 1. The molecule has 4 atom stereocenters. The van der Waals surface area contributed by atoms with E-state index in [0.29, 0.717) is 44.4 Å². The van der Waals surface area contributed by atoms with Crippen LogP contribution in [0, 0.1) is 27.4 Å². The van der Waals surface area contributed by atoms with Crippen LogP contribution in [0.2, 0.25) is 0 Å². The van der Waals surface area contributed by atoms with Gasteiger partial charge in [0, 0.05) is 17.5 Å². The van der Waals surface area contributed by atoms with Gasteiger partial charge in [0.15, 0.2) is 4.90 Å². The molecule has 1 aromatic rings. The van der Waals surface area contributed by atoms with Crippen LogP contribution in [0.4, 0.5) is 5.69 Å². The van der Waals surface area contributed by atoms with Gasteiger partial charge in [-0.15, -0.1) is 0 Å². The predicted molar refractivity (Wildman–Crippen MR) is 129 cm³/mol. The Morgan fingerprint density at radius 3 is 2.49 bits per heavy atom. The molecule has 4 N–H and O–H groups in total. The number of hydrogen-bond acceptors (Lipinski definition) is 6. The minimum absolute atomic E-state index is 0.101. The van der Waals surface area contributed by atoms with Crippen molar-refractivity contribution in [2.24, 2.45) is 23.0 Å². The van der Waals surface area contributed by atoms with Crippen LogP contribution >= 0.6 is 0 Å². The molecule has 3 fully saturated rings. The van der Waals surface area contributed by atoms with Crippen LogP contribution in [0.3, 0.4) is 0 Å². The highest BCUT2D eigenvalue weighted by Crippen LogP contribution is 2.50. The van der Waals surface area contributed by atoms with Gasteiger partial charge in [-0.1, -0.05) is 31.9 Å². The Morgan fingerprint density at radius 2 is 1.86 bits per heavy atom. The van der Waals surface area contributed by atoms with E-state index in [1.165, 1.54) is 18.2 Å². The number of primary amides is 1. The maximum absolute atomic E-state index is 13.6. The molecule has 10 nitrogen and oxygen atoms in total. The lowest BCUT2D eigenvalue weighted by Gasteiger charge is -2.49. The SMILES string of the molecule is CCC1(C(N)=O)CC2CCC(NC(=O)C3(NS(=O)(=O)c4ccccc4[N+](=O)[O-])CCCC3)C(C2)C1. The maximum Gasteiger partial charge on any atom is 0.289 e. The van der Waals surface area contributed by atoms with Gasteiger partial charge in [-0.3, -0.25) is 19.7 Å². The number of fused-ring (bicyclic) bond motifs is 2. The zero-order valence-electron chi connectivity index (χ0n) is 20.0. The molecule has 0 saturated heterocycles. The molecule has 0 radical (unpaired) electrons. The zero-order valence-corrected chi connectivity index (χ0v) is 20.8. The maximum atomic E-state index is 13.6. The smallest absolute Gasteiger partial charge is 0.289 e. The number of carbonyl (C=O) groups excluding carboxylic acids is 2. The monoisotopic (exact) mass is 506 g/mol. The van der Waals surface area contributed by atoms with Crippen molar-refractivity contribution >= 4 is 27.5 Å². The number of sulfonamides is 1. The number of rotatable bonds is 8. The molecule has 0 heterocycles. The van der Waals surface area contributed by atoms with Crippen molar-refractivity contribution in [1.29, 1.82) is 0 Å². The molecular formula is C24H34N4O6S. The first-order valence-corrected chi connectivity index (χ1v) is 13.9. The van der Waals surface area contributed by atoms with Crippen molar-refractivity contribution in [3.8, 4) is 0 Å². The molecule has 35 heavy (non-hydrogen) atoms. The molecular weight excluding hydrogens is 472 g/mol. The van der Waals surface area contributed by atoms with E-state index in [9.17, 15) is 28.1 Å². The van der Waals surface area contributed by atoms with Crippen LogP contribution in [-0.2, 0) is 19.6 Å². The summed E-state index contributed by atoms with van der Waals surface area (Å²) in [6, 6.07) is 4.97. The molecule has 4 rings (SSSR count). The summed E-state index contributed by atoms with van der Waals surface area (Å²) in [5.41, 5.74) is 3.34. The topological polar surface area (TPSA) is 162 Å². The number of nitrogens with zero attached hydrogens (tertiary/aromatic N) is 1. The third kappa shape index (κ3) is 4.80. The van der Waals surface area contributed by atoms with Crippen LogP contribution in [0.1, 0.15) is 71.1 Å². The first-order valence-electron chi connectivity index (χ1n) is 12.4. The van der Waals surface area contributed by atoms with E-state index in [4.69, 9.17) is 5.73 Å². The highest BCUT2D eigenvalue weighted by Gasteiger charge is 2.50. The Balaban J connectivity index is 1.56. The predicted octanol–water partition coefficient (Wildman–Crippen LogP) is 2.76. The van der Waals surface area contributed by atoms with E-state index in [2.05, 4.69) is 10.0 Å². The van der Waals surface area contributed by atoms with Crippen molar-refractivity contribution < 1.29 is 22.9 Å². The van der Waals surface area contributed by atoms with Crippen molar-refractivity contribution in [2.75, 3.05) is 0 Å². The first-order chi connectivity index (χ1) is 16.5. The van der Waals surface area contributed by atoms with Gasteiger partial charge >= 0.3 is 0 Å². The molecule has 11 heteroatoms.